The molecule has 2 aromatic rings. The van der Waals surface area contributed by atoms with Crippen LogP contribution in [0, 0.1) is 6.92 Å². The van der Waals surface area contributed by atoms with Gasteiger partial charge in [-0.2, -0.15) is 0 Å². The fourth-order valence-electron chi connectivity index (χ4n) is 2.32. The van der Waals surface area contributed by atoms with Crippen molar-refractivity contribution in [3.63, 3.8) is 0 Å². The van der Waals surface area contributed by atoms with Crippen molar-refractivity contribution in [3.8, 4) is 0 Å². The zero-order valence-corrected chi connectivity index (χ0v) is 14.2. The van der Waals surface area contributed by atoms with E-state index in [1.165, 1.54) is 16.7 Å². The quantitative estimate of drug-likeness (QED) is 0.884. The van der Waals surface area contributed by atoms with E-state index >= 15 is 0 Å². The minimum atomic E-state index is -3.18. The van der Waals surface area contributed by atoms with Gasteiger partial charge in [0.05, 0.1) is 10.9 Å². The maximum Gasteiger partial charge on any atom is 0.175 e. The van der Waals surface area contributed by atoms with E-state index in [1.54, 1.807) is 23.5 Å². The molecule has 21 heavy (non-hydrogen) atoms. The van der Waals surface area contributed by atoms with Crippen LogP contribution < -0.4 is 5.32 Å². The number of sulfone groups is 1. The van der Waals surface area contributed by atoms with Crippen LogP contribution in [0.15, 0.2) is 40.6 Å². The van der Waals surface area contributed by atoms with Gasteiger partial charge >= 0.3 is 0 Å². The maximum atomic E-state index is 11.8. The van der Waals surface area contributed by atoms with Gasteiger partial charge in [0.25, 0.3) is 0 Å². The standard InChI is InChI=1S/C16H21NO2S2/c1-4-9-17-16(15-8-10-20-12(15)2)13-6-5-7-14(11-13)21(3,18)19/h5-8,10-11,16-17H,4,9H2,1-3H3. The lowest BCUT2D eigenvalue weighted by Gasteiger charge is -2.20. The Kier molecular flexibility index (Phi) is 5.19. The number of hydrogen-bond acceptors (Lipinski definition) is 4. The zero-order valence-electron chi connectivity index (χ0n) is 12.6. The van der Waals surface area contributed by atoms with E-state index in [2.05, 4.69) is 30.6 Å². The molecule has 0 aliphatic heterocycles. The molecule has 0 radical (unpaired) electrons. The van der Waals surface area contributed by atoms with Crippen molar-refractivity contribution < 1.29 is 8.42 Å². The second-order valence-corrected chi connectivity index (χ2v) is 8.30. The van der Waals surface area contributed by atoms with E-state index in [9.17, 15) is 8.42 Å². The molecule has 2 rings (SSSR count). The summed E-state index contributed by atoms with van der Waals surface area (Å²) < 4.78 is 23.5. The molecule has 1 atom stereocenters. The van der Waals surface area contributed by atoms with E-state index in [0.29, 0.717) is 4.90 Å². The number of benzene rings is 1. The van der Waals surface area contributed by atoms with Crippen LogP contribution in [0.25, 0.3) is 0 Å². The van der Waals surface area contributed by atoms with E-state index in [-0.39, 0.29) is 6.04 Å². The van der Waals surface area contributed by atoms with Crippen LogP contribution in [0.4, 0.5) is 0 Å². The lowest BCUT2D eigenvalue weighted by molar-refractivity contribution is 0.593. The molecule has 1 unspecified atom stereocenters. The van der Waals surface area contributed by atoms with E-state index in [1.807, 2.05) is 12.1 Å². The first-order valence-electron chi connectivity index (χ1n) is 7.01. The molecule has 0 bridgehead atoms. The summed E-state index contributed by atoms with van der Waals surface area (Å²) in [6.07, 6.45) is 2.28. The van der Waals surface area contributed by atoms with Crippen LogP contribution in [0.2, 0.25) is 0 Å². The van der Waals surface area contributed by atoms with Crippen LogP contribution in [0.1, 0.15) is 35.4 Å². The van der Waals surface area contributed by atoms with E-state index < -0.39 is 9.84 Å². The van der Waals surface area contributed by atoms with Gasteiger partial charge in [0, 0.05) is 11.1 Å². The molecule has 5 heteroatoms. The van der Waals surface area contributed by atoms with Gasteiger partial charge in [-0.15, -0.1) is 11.3 Å². The van der Waals surface area contributed by atoms with Gasteiger partial charge in [-0.3, -0.25) is 0 Å². The smallest absolute Gasteiger partial charge is 0.175 e. The maximum absolute atomic E-state index is 11.8. The van der Waals surface area contributed by atoms with Crippen molar-refractivity contribution >= 4 is 21.2 Å². The van der Waals surface area contributed by atoms with Crippen LogP contribution in [0.3, 0.4) is 0 Å². The van der Waals surface area contributed by atoms with Gasteiger partial charge in [-0.05, 0) is 54.6 Å². The first-order chi connectivity index (χ1) is 9.93. The first-order valence-corrected chi connectivity index (χ1v) is 9.78. The summed E-state index contributed by atoms with van der Waals surface area (Å²) in [5.41, 5.74) is 2.21. The van der Waals surface area contributed by atoms with Gasteiger partial charge in [0.15, 0.2) is 9.84 Å². The highest BCUT2D eigenvalue weighted by Gasteiger charge is 2.18. The predicted molar refractivity (Wildman–Crippen MR) is 88.7 cm³/mol. The highest BCUT2D eigenvalue weighted by atomic mass is 32.2. The summed E-state index contributed by atoms with van der Waals surface area (Å²) in [5.74, 6) is 0. The molecule has 0 saturated carbocycles. The molecule has 0 spiro atoms. The molecule has 0 amide bonds. The Balaban J connectivity index is 2.44. The lowest BCUT2D eigenvalue weighted by Crippen LogP contribution is -2.23. The van der Waals surface area contributed by atoms with Gasteiger partial charge < -0.3 is 5.32 Å². The Bertz CT molecular complexity index is 705. The molecule has 0 fully saturated rings. The summed E-state index contributed by atoms with van der Waals surface area (Å²) in [7, 11) is -3.18. The average Bonchev–Trinajstić information content (AvgIpc) is 2.85. The summed E-state index contributed by atoms with van der Waals surface area (Å²) in [4.78, 5) is 1.63. The minimum Gasteiger partial charge on any atom is -0.306 e. The second-order valence-electron chi connectivity index (χ2n) is 5.16. The molecule has 114 valence electrons. The number of hydrogen-bond donors (Lipinski definition) is 1. The molecule has 0 aliphatic carbocycles. The monoisotopic (exact) mass is 323 g/mol. The minimum absolute atomic E-state index is 0.0397. The number of nitrogens with one attached hydrogen (secondary N) is 1. The van der Waals surface area contributed by atoms with Crippen LogP contribution in [0.5, 0.6) is 0 Å². The van der Waals surface area contributed by atoms with Crippen molar-refractivity contribution in [2.24, 2.45) is 0 Å². The fraction of sp³-hybridized carbons (Fsp3) is 0.375. The van der Waals surface area contributed by atoms with Crippen molar-refractivity contribution in [1.82, 2.24) is 5.32 Å². The summed E-state index contributed by atoms with van der Waals surface area (Å²) in [5, 5.41) is 5.59. The first kappa shape index (κ1) is 16.2. The molecular weight excluding hydrogens is 302 g/mol. The Morgan fingerprint density at radius 2 is 2.05 bits per heavy atom. The molecule has 1 aromatic carbocycles. The molecule has 1 N–H and O–H groups in total. The van der Waals surface area contributed by atoms with Crippen molar-refractivity contribution in [3.05, 3.63) is 51.7 Å². The number of thiophene rings is 1. The third kappa shape index (κ3) is 3.93. The molecular formula is C16H21NO2S2. The van der Waals surface area contributed by atoms with Crippen LogP contribution in [-0.2, 0) is 9.84 Å². The van der Waals surface area contributed by atoms with Crippen LogP contribution >= 0.6 is 11.3 Å². The third-order valence-corrected chi connectivity index (χ3v) is 5.40. The summed E-state index contributed by atoms with van der Waals surface area (Å²) in [6.45, 7) is 5.11. The normalized spacial score (nSPS) is 13.3. The average molecular weight is 323 g/mol. The molecule has 0 aliphatic rings. The van der Waals surface area contributed by atoms with Crippen molar-refractivity contribution in [1.29, 1.82) is 0 Å². The van der Waals surface area contributed by atoms with Gasteiger partial charge in [-0.25, -0.2) is 8.42 Å². The van der Waals surface area contributed by atoms with Gasteiger partial charge in [0.1, 0.15) is 0 Å². The van der Waals surface area contributed by atoms with Gasteiger partial charge in [0.2, 0.25) is 0 Å². The highest BCUT2D eigenvalue weighted by Crippen LogP contribution is 2.29. The number of rotatable bonds is 6. The Labute approximate surface area is 130 Å². The Morgan fingerprint density at radius 3 is 2.62 bits per heavy atom. The summed E-state index contributed by atoms with van der Waals surface area (Å²) >= 11 is 1.71. The number of aryl methyl sites for hydroxylation is 1. The molecule has 0 saturated heterocycles. The molecule has 1 aromatic heterocycles. The Morgan fingerprint density at radius 1 is 1.29 bits per heavy atom. The largest absolute Gasteiger partial charge is 0.306 e. The summed E-state index contributed by atoms with van der Waals surface area (Å²) in [6, 6.07) is 9.38. The topological polar surface area (TPSA) is 46.2 Å². The zero-order chi connectivity index (χ0) is 15.5. The molecule has 3 nitrogen and oxygen atoms in total. The van der Waals surface area contributed by atoms with Crippen molar-refractivity contribution in [2.45, 2.75) is 31.2 Å². The predicted octanol–water partition coefficient (Wildman–Crippen LogP) is 3.55. The van der Waals surface area contributed by atoms with Gasteiger partial charge in [-0.1, -0.05) is 19.1 Å². The van der Waals surface area contributed by atoms with E-state index in [0.717, 1.165) is 18.5 Å². The second kappa shape index (κ2) is 6.73. The SMILES string of the molecule is CCCNC(c1cccc(S(C)(=O)=O)c1)c1ccsc1C. The fourth-order valence-corrected chi connectivity index (χ4v) is 3.73. The molecule has 1 heterocycles. The highest BCUT2D eigenvalue weighted by molar-refractivity contribution is 7.90. The Hall–Kier alpha value is -1.17. The van der Waals surface area contributed by atoms with Crippen LogP contribution in [-0.4, -0.2) is 21.2 Å². The lowest BCUT2D eigenvalue weighted by atomic mass is 9.99. The third-order valence-electron chi connectivity index (χ3n) is 3.43. The van der Waals surface area contributed by atoms with Crippen molar-refractivity contribution in [2.75, 3.05) is 12.8 Å². The van der Waals surface area contributed by atoms with E-state index in [4.69, 9.17) is 0 Å².